The number of aromatic nitrogens is 1. The molecule has 7 rings (SSSR count). The highest BCUT2D eigenvalue weighted by atomic mass is 32.2. The number of nitrogens with one attached hydrogen (secondary N) is 2. The van der Waals surface area contributed by atoms with Gasteiger partial charge in [-0.3, -0.25) is 24.1 Å². The summed E-state index contributed by atoms with van der Waals surface area (Å²) in [6.07, 6.45) is 0.693. The summed E-state index contributed by atoms with van der Waals surface area (Å²) in [4.78, 5) is 57.3. The molecule has 2 saturated carbocycles. The summed E-state index contributed by atoms with van der Waals surface area (Å²) in [5, 5.41) is 13.7. The molecule has 0 spiro atoms. The second-order valence-electron chi connectivity index (χ2n) is 11.0. The third-order valence-electron chi connectivity index (χ3n) is 9.07. The minimum atomic E-state index is -0.465. The Balaban J connectivity index is 1.15. The molecule has 7 unspecified atom stereocenters. The van der Waals surface area contributed by atoms with Crippen molar-refractivity contribution in [2.75, 3.05) is 19.0 Å². The molecule has 4 aliphatic rings. The highest BCUT2D eigenvalue weighted by Gasteiger charge is 2.69. The van der Waals surface area contributed by atoms with Crippen LogP contribution in [0.15, 0.2) is 52.3 Å². The van der Waals surface area contributed by atoms with Crippen LogP contribution in [0, 0.1) is 35.4 Å². The zero-order valence-corrected chi connectivity index (χ0v) is 23.5. The Bertz CT molecular complexity index is 1640. The molecule has 3 fully saturated rings. The Labute approximate surface area is 242 Å². The smallest absolute Gasteiger partial charge is 0.305 e. The average Bonchev–Trinajstić information content (AvgIpc) is 3.68. The lowest BCUT2D eigenvalue weighted by molar-refractivity contribution is -0.141. The van der Waals surface area contributed by atoms with Crippen molar-refractivity contribution in [2.24, 2.45) is 29.6 Å². The van der Waals surface area contributed by atoms with E-state index >= 15 is 0 Å². The van der Waals surface area contributed by atoms with Gasteiger partial charge in [-0.05, 0) is 66.1 Å². The molecular formula is C29H26FN3O6S2. The van der Waals surface area contributed by atoms with Gasteiger partial charge in [-0.15, -0.1) is 11.8 Å². The van der Waals surface area contributed by atoms with Crippen LogP contribution in [0.25, 0.3) is 0 Å². The number of carbonyl (C=O) groups excluding carboxylic acids is 3. The van der Waals surface area contributed by atoms with E-state index in [1.807, 2.05) is 6.07 Å². The summed E-state index contributed by atoms with van der Waals surface area (Å²) in [6.45, 7) is -0.0150. The van der Waals surface area contributed by atoms with Crippen molar-refractivity contribution in [2.45, 2.75) is 29.0 Å². The van der Waals surface area contributed by atoms with Crippen LogP contribution in [-0.2, 0) is 14.4 Å². The first-order chi connectivity index (χ1) is 19.7. The number of hydrogen-bond acceptors (Lipinski definition) is 8. The van der Waals surface area contributed by atoms with Gasteiger partial charge in [0.15, 0.2) is 11.5 Å². The predicted molar refractivity (Wildman–Crippen MR) is 150 cm³/mol. The largest absolute Gasteiger partial charge is 0.504 e. The molecule has 0 radical (unpaired) electrons. The number of rotatable bonds is 6. The van der Waals surface area contributed by atoms with Gasteiger partial charge in [-0.25, -0.2) is 4.39 Å². The molecule has 3 N–H and O–H groups in total. The molecule has 212 valence electrons. The normalized spacial score (nSPS) is 29.3. The number of ether oxygens (including phenoxy) is 1. The Morgan fingerprint density at radius 1 is 1.12 bits per heavy atom. The highest BCUT2D eigenvalue weighted by molar-refractivity contribution is 8.00. The maximum atomic E-state index is 13.7. The van der Waals surface area contributed by atoms with E-state index in [1.165, 1.54) is 36.3 Å². The van der Waals surface area contributed by atoms with Gasteiger partial charge in [-0.1, -0.05) is 17.4 Å². The fraction of sp³-hybridized carbons (Fsp3) is 0.379. The Kier molecular flexibility index (Phi) is 6.23. The van der Waals surface area contributed by atoms with Crippen LogP contribution in [0.5, 0.6) is 11.5 Å². The third kappa shape index (κ3) is 4.10. The molecule has 1 aromatic heterocycles. The zero-order chi connectivity index (χ0) is 28.6. The first-order valence-electron chi connectivity index (χ1n) is 13.4. The minimum absolute atomic E-state index is 0.0120. The second kappa shape index (κ2) is 9.73. The Hall–Kier alpha value is -3.64. The molecule has 9 nitrogen and oxygen atoms in total. The third-order valence-corrected chi connectivity index (χ3v) is 11.7. The molecule has 3 amide bonds. The number of likely N-dealkylation sites (tertiary alicyclic amines) is 1. The van der Waals surface area contributed by atoms with Gasteiger partial charge in [0.2, 0.25) is 17.7 Å². The first-order valence-corrected chi connectivity index (χ1v) is 15.1. The number of aromatic hydroxyl groups is 1. The summed E-state index contributed by atoms with van der Waals surface area (Å²) in [7, 11) is 1.48. The number of phenols is 1. The van der Waals surface area contributed by atoms with E-state index in [4.69, 9.17) is 4.74 Å². The van der Waals surface area contributed by atoms with Gasteiger partial charge in [-0.2, -0.15) is 0 Å². The number of imide groups is 1. The predicted octanol–water partition coefficient (Wildman–Crippen LogP) is 3.79. The van der Waals surface area contributed by atoms with Gasteiger partial charge in [0, 0.05) is 34.7 Å². The van der Waals surface area contributed by atoms with E-state index in [9.17, 15) is 28.7 Å². The van der Waals surface area contributed by atoms with Crippen LogP contribution < -0.4 is 14.9 Å². The molecule has 2 aliphatic heterocycles. The van der Waals surface area contributed by atoms with E-state index in [-0.39, 0.29) is 70.2 Å². The van der Waals surface area contributed by atoms with E-state index in [1.54, 1.807) is 23.9 Å². The van der Waals surface area contributed by atoms with Crippen molar-refractivity contribution in [1.29, 1.82) is 0 Å². The quantitative estimate of drug-likeness (QED) is 0.370. The van der Waals surface area contributed by atoms with Crippen molar-refractivity contribution in [3.63, 3.8) is 0 Å². The SMILES string of the molecule is COc1cc(C2c3sc(=O)[nH]c3SC3C4CC(C5C(=O)N(CCC(=O)Nc6ccc(F)cc6)C(=O)C45)C23)ccc1O. The number of thiazole rings is 1. The summed E-state index contributed by atoms with van der Waals surface area (Å²) < 4.78 is 18.5. The number of benzene rings is 2. The molecule has 2 bridgehead atoms. The van der Waals surface area contributed by atoms with Gasteiger partial charge in [0.1, 0.15) is 5.82 Å². The van der Waals surface area contributed by atoms with Crippen LogP contribution in [0.1, 0.15) is 29.2 Å². The average molecular weight is 596 g/mol. The van der Waals surface area contributed by atoms with Crippen molar-refractivity contribution in [1.82, 2.24) is 9.88 Å². The molecule has 2 aliphatic carbocycles. The fourth-order valence-corrected chi connectivity index (χ4v) is 10.4. The number of thioether (sulfide) groups is 1. The molecule has 12 heteroatoms. The summed E-state index contributed by atoms with van der Waals surface area (Å²) >= 11 is 2.76. The Morgan fingerprint density at radius 2 is 1.85 bits per heavy atom. The standard InChI is InChI=1S/C29H26FN3O6S2/c1-39-18-10-12(2-7-17(18)34)20-21-15-11-16(24(21)40-26-25(20)41-29(38)32-26)23-22(15)27(36)33(28(23)37)9-8-19(35)31-14-5-3-13(30)4-6-14/h2-7,10,15-16,20-24,34H,8-9,11H2,1H3,(H,31,35)(H,32,38). The molecule has 3 aromatic rings. The summed E-state index contributed by atoms with van der Waals surface area (Å²) in [5.74, 6) is -2.07. The lowest BCUT2D eigenvalue weighted by atomic mass is 9.68. The maximum Gasteiger partial charge on any atom is 0.305 e. The molecule has 41 heavy (non-hydrogen) atoms. The number of phenolic OH excluding ortho intramolecular Hbond substituents is 1. The molecular weight excluding hydrogens is 569 g/mol. The number of anilines is 1. The topological polar surface area (TPSA) is 129 Å². The number of hydrogen-bond donors (Lipinski definition) is 3. The number of halogens is 1. The van der Waals surface area contributed by atoms with Gasteiger partial charge < -0.3 is 20.1 Å². The summed E-state index contributed by atoms with van der Waals surface area (Å²) in [6, 6.07) is 10.6. The lowest BCUT2D eigenvalue weighted by Crippen LogP contribution is -2.42. The highest BCUT2D eigenvalue weighted by Crippen LogP contribution is 2.68. The summed E-state index contributed by atoms with van der Waals surface area (Å²) in [5.41, 5.74) is 1.33. The number of amides is 3. The van der Waals surface area contributed by atoms with Gasteiger partial charge >= 0.3 is 4.87 Å². The zero-order valence-electron chi connectivity index (χ0n) is 21.8. The van der Waals surface area contributed by atoms with E-state index in [2.05, 4.69) is 10.3 Å². The molecule has 1 saturated heterocycles. The maximum absolute atomic E-state index is 13.7. The van der Waals surface area contributed by atoms with Gasteiger partial charge in [0.05, 0.1) is 24.0 Å². The Morgan fingerprint density at radius 3 is 2.59 bits per heavy atom. The van der Waals surface area contributed by atoms with Crippen LogP contribution in [0.2, 0.25) is 0 Å². The van der Waals surface area contributed by atoms with Crippen molar-refractivity contribution < 1.29 is 28.6 Å². The van der Waals surface area contributed by atoms with E-state index in [0.29, 0.717) is 11.4 Å². The first kappa shape index (κ1) is 26.3. The monoisotopic (exact) mass is 595 g/mol. The van der Waals surface area contributed by atoms with Crippen LogP contribution in [0.4, 0.5) is 10.1 Å². The number of fused-ring (bicyclic) bond motifs is 9. The van der Waals surface area contributed by atoms with Gasteiger partial charge in [0.25, 0.3) is 0 Å². The number of H-pyrrole nitrogens is 1. The molecule has 7 atom stereocenters. The number of nitrogens with zero attached hydrogens (tertiary/aromatic N) is 1. The number of aromatic amines is 1. The van der Waals surface area contributed by atoms with Crippen LogP contribution in [0.3, 0.4) is 0 Å². The van der Waals surface area contributed by atoms with Crippen LogP contribution in [-0.4, -0.2) is 51.6 Å². The van der Waals surface area contributed by atoms with Crippen LogP contribution >= 0.6 is 23.1 Å². The molecule has 3 heterocycles. The number of carbonyl (C=O) groups is 3. The van der Waals surface area contributed by atoms with E-state index < -0.39 is 17.7 Å². The lowest BCUT2D eigenvalue weighted by Gasteiger charge is -2.43. The van der Waals surface area contributed by atoms with Crippen molar-refractivity contribution in [3.8, 4) is 11.5 Å². The minimum Gasteiger partial charge on any atom is -0.504 e. The van der Waals surface area contributed by atoms with Crippen molar-refractivity contribution in [3.05, 3.63) is 68.4 Å². The van der Waals surface area contributed by atoms with Crippen molar-refractivity contribution >= 4 is 46.5 Å². The second-order valence-corrected chi connectivity index (χ2v) is 13.2. The fourth-order valence-electron chi connectivity index (χ4n) is 7.53. The molecule has 2 aromatic carbocycles. The number of methoxy groups -OCH3 is 1. The van der Waals surface area contributed by atoms with E-state index in [0.717, 1.165) is 33.2 Å².